The summed E-state index contributed by atoms with van der Waals surface area (Å²) in [6, 6.07) is 20.1. The van der Waals surface area contributed by atoms with E-state index in [4.69, 9.17) is 32.7 Å². The first-order valence-corrected chi connectivity index (χ1v) is 11.0. The van der Waals surface area contributed by atoms with Crippen LogP contribution in [0.3, 0.4) is 0 Å². The minimum Gasteiger partial charge on any atom is -0.490 e. The Kier molecular flexibility index (Phi) is 8.37. The van der Waals surface area contributed by atoms with Gasteiger partial charge in [0.15, 0.2) is 11.5 Å². The van der Waals surface area contributed by atoms with Crippen LogP contribution in [-0.2, 0) is 11.4 Å². The molecule has 3 rings (SSSR count). The number of hydrogen-bond donors (Lipinski definition) is 1. The number of benzene rings is 3. The fourth-order valence-electron chi connectivity index (χ4n) is 2.99. The molecule has 0 radical (unpaired) electrons. The third-order valence-electron chi connectivity index (χ3n) is 4.66. The van der Waals surface area contributed by atoms with Crippen molar-refractivity contribution in [1.82, 2.24) is 0 Å². The molecule has 1 N–H and O–H groups in total. The molecule has 0 heterocycles. The molecule has 0 unspecified atom stereocenters. The Balaban J connectivity index is 1.84. The number of nitrogens with zero attached hydrogens (tertiary/aromatic N) is 1. The number of halogens is 2. The quantitative estimate of drug-likeness (QED) is 0.283. The molecule has 0 atom stereocenters. The molecule has 0 saturated carbocycles. The molecule has 0 bridgehead atoms. The standard InChI is InChI=1S/C26H22Cl2N2O3/c1-3-32-24-13-19(12-23(28)25(24)33-16-18-7-5-4-6-8-18)11-20(15-29)26(31)30-21-10-9-17(2)22(27)14-21/h4-14H,3,16H2,1-2H3,(H,30,31)/b20-11-. The van der Waals surface area contributed by atoms with Crippen LogP contribution >= 0.6 is 23.2 Å². The Morgan fingerprint density at radius 2 is 1.82 bits per heavy atom. The molecule has 0 aliphatic rings. The maximum absolute atomic E-state index is 12.6. The predicted octanol–water partition coefficient (Wildman–Crippen LogP) is 6.83. The van der Waals surface area contributed by atoms with Gasteiger partial charge in [-0.1, -0.05) is 59.6 Å². The van der Waals surface area contributed by atoms with E-state index >= 15 is 0 Å². The lowest BCUT2D eigenvalue weighted by Gasteiger charge is -2.15. The van der Waals surface area contributed by atoms with Gasteiger partial charge >= 0.3 is 0 Å². The van der Waals surface area contributed by atoms with E-state index in [0.717, 1.165) is 11.1 Å². The summed E-state index contributed by atoms with van der Waals surface area (Å²) in [4.78, 5) is 12.6. The molecular weight excluding hydrogens is 459 g/mol. The molecule has 33 heavy (non-hydrogen) atoms. The van der Waals surface area contributed by atoms with Crippen molar-refractivity contribution in [3.63, 3.8) is 0 Å². The first kappa shape index (κ1) is 24.2. The van der Waals surface area contributed by atoms with Crippen molar-refractivity contribution < 1.29 is 14.3 Å². The van der Waals surface area contributed by atoms with Gasteiger partial charge < -0.3 is 14.8 Å². The highest BCUT2D eigenvalue weighted by molar-refractivity contribution is 6.32. The molecule has 3 aromatic rings. The van der Waals surface area contributed by atoms with E-state index in [1.165, 1.54) is 6.08 Å². The molecule has 3 aromatic carbocycles. The van der Waals surface area contributed by atoms with Gasteiger partial charge in [-0.15, -0.1) is 0 Å². The Hall–Kier alpha value is -3.46. The molecule has 5 nitrogen and oxygen atoms in total. The number of nitrogens with one attached hydrogen (secondary N) is 1. The second kappa shape index (κ2) is 11.4. The maximum Gasteiger partial charge on any atom is 0.266 e. The van der Waals surface area contributed by atoms with Crippen LogP contribution in [0.25, 0.3) is 6.08 Å². The third kappa shape index (κ3) is 6.52. The lowest BCUT2D eigenvalue weighted by atomic mass is 10.1. The fraction of sp³-hybridized carbons (Fsp3) is 0.154. The number of rotatable bonds is 8. The van der Waals surface area contributed by atoms with E-state index in [-0.39, 0.29) is 5.57 Å². The SMILES string of the molecule is CCOc1cc(/C=C(/C#N)C(=O)Nc2ccc(C)c(Cl)c2)cc(Cl)c1OCc1ccccc1. The lowest BCUT2D eigenvalue weighted by molar-refractivity contribution is -0.112. The molecule has 0 aliphatic heterocycles. The summed E-state index contributed by atoms with van der Waals surface area (Å²) >= 11 is 12.6. The lowest BCUT2D eigenvalue weighted by Crippen LogP contribution is -2.13. The van der Waals surface area contributed by atoms with E-state index in [1.807, 2.05) is 50.2 Å². The minimum atomic E-state index is -0.559. The highest BCUT2D eigenvalue weighted by Crippen LogP contribution is 2.38. The van der Waals surface area contributed by atoms with Crippen LogP contribution in [0.5, 0.6) is 11.5 Å². The molecule has 0 spiro atoms. The number of carbonyl (C=O) groups excluding carboxylic acids is 1. The van der Waals surface area contributed by atoms with Crippen LogP contribution < -0.4 is 14.8 Å². The molecule has 0 fully saturated rings. The Morgan fingerprint density at radius 1 is 1.06 bits per heavy atom. The normalized spacial score (nSPS) is 10.9. The van der Waals surface area contributed by atoms with Gasteiger partial charge in [-0.25, -0.2) is 0 Å². The fourth-order valence-corrected chi connectivity index (χ4v) is 3.44. The molecule has 0 aliphatic carbocycles. The van der Waals surface area contributed by atoms with Crippen molar-refractivity contribution in [3.8, 4) is 17.6 Å². The zero-order valence-electron chi connectivity index (χ0n) is 18.2. The Labute approximate surface area is 203 Å². The number of hydrogen-bond acceptors (Lipinski definition) is 4. The van der Waals surface area contributed by atoms with Crippen LogP contribution in [-0.4, -0.2) is 12.5 Å². The average molecular weight is 481 g/mol. The zero-order valence-corrected chi connectivity index (χ0v) is 19.7. The second-order valence-electron chi connectivity index (χ2n) is 7.13. The van der Waals surface area contributed by atoms with Gasteiger partial charge in [-0.3, -0.25) is 4.79 Å². The number of carbonyl (C=O) groups is 1. The Bertz CT molecular complexity index is 1220. The van der Waals surface area contributed by atoms with Crippen molar-refractivity contribution in [1.29, 1.82) is 5.26 Å². The summed E-state index contributed by atoms with van der Waals surface area (Å²) in [5, 5.41) is 13.1. The van der Waals surface area contributed by atoms with Crippen LogP contribution in [0, 0.1) is 18.3 Å². The van der Waals surface area contributed by atoms with Gasteiger partial charge in [-0.2, -0.15) is 5.26 Å². The van der Waals surface area contributed by atoms with Gasteiger partial charge in [-0.05, 0) is 60.9 Å². The van der Waals surface area contributed by atoms with Crippen molar-refractivity contribution in [2.75, 3.05) is 11.9 Å². The number of anilines is 1. The summed E-state index contributed by atoms with van der Waals surface area (Å²) < 4.78 is 11.6. The van der Waals surface area contributed by atoms with Gasteiger partial charge in [0, 0.05) is 10.7 Å². The summed E-state index contributed by atoms with van der Waals surface area (Å²) in [5.41, 5.74) is 2.81. The van der Waals surface area contributed by atoms with Crippen LogP contribution in [0.15, 0.2) is 66.2 Å². The number of amides is 1. The monoisotopic (exact) mass is 480 g/mol. The van der Waals surface area contributed by atoms with E-state index < -0.39 is 5.91 Å². The summed E-state index contributed by atoms with van der Waals surface area (Å²) in [6.45, 7) is 4.42. The van der Waals surface area contributed by atoms with Gasteiger partial charge in [0.05, 0.1) is 11.6 Å². The van der Waals surface area contributed by atoms with Gasteiger partial charge in [0.1, 0.15) is 18.2 Å². The van der Waals surface area contributed by atoms with E-state index in [9.17, 15) is 10.1 Å². The van der Waals surface area contributed by atoms with E-state index in [0.29, 0.717) is 46.0 Å². The number of ether oxygens (including phenoxy) is 2. The second-order valence-corrected chi connectivity index (χ2v) is 7.94. The van der Waals surface area contributed by atoms with Crippen molar-refractivity contribution in [2.24, 2.45) is 0 Å². The maximum atomic E-state index is 12.6. The van der Waals surface area contributed by atoms with Crippen LogP contribution in [0.2, 0.25) is 10.0 Å². The molecule has 7 heteroatoms. The average Bonchev–Trinajstić information content (AvgIpc) is 2.80. The molecule has 0 saturated heterocycles. The Morgan fingerprint density at radius 3 is 2.48 bits per heavy atom. The highest BCUT2D eigenvalue weighted by atomic mass is 35.5. The smallest absolute Gasteiger partial charge is 0.266 e. The van der Waals surface area contributed by atoms with Gasteiger partial charge in [0.2, 0.25) is 0 Å². The van der Waals surface area contributed by atoms with Crippen LogP contribution in [0.1, 0.15) is 23.6 Å². The molecule has 1 amide bonds. The summed E-state index contributed by atoms with van der Waals surface area (Å²) in [7, 11) is 0. The first-order valence-electron chi connectivity index (χ1n) is 10.2. The summed E-state index contributed by atoms with van der Waals surface area (Å²) in [5.74, 6) is 0.267. The zero-order chi connectivity index (χ0) is 23.8. The molecule has 168 valence electrons. The summed E-state index contributed by atoms with van der Waals surface area (Å²) in [6.07, 6.45) is 1.44. The molecule has 0 aromatic heterocycles. The molecular formula is C26H22Cl2N2O3. The van der Waals surface area contributed by atoms with Gasteiger partial charge in [0.25, 0.3) is 5.91 Å². The third-order valence-corrected chi connectivity index (χ3v) is 5.35. The highest BCUT2D eigenvalue weighted by Gasteiger charge is 2.15. The minimum absolute atomic E-state index is 0.0943. The van der Waals surface area contributed by atoms with Crippen molar-refractivity contribution >= 4 is 40.9 Å². The van der Waals surface area contributed by atoms with Crippen molar-refractivity contribution in [2.45, 2.75) is 20.5 Å². The van der Waals surface area contributed by atoms with E-state index in [2.05, 4.69) is 5.32 Å². The van der Waals surface area contributed by atoms with Crippen LogP contribution in [0.4, 0.5) is 5.69 Å². The van der Waals surface area contributed by atoms with Crippen molar-refractivity contribution in [3.05, 3.63) is 93.0 Å². The predicted molar refractivity (Wildman–Crippen MR) is 132 cm³/mol. The largest absolute Gasteiger partial charge is 0.490 e. The topological polar surface area (TPSA) is 71.3 Å². The number of aryl methyl sites for hydroxylation is 1. The van der Waals surface area contributed by atoms with E-state index in [1.54, 1.807) is 30.3 Å². The number of nitriles is 1. The first-order chi connectivity index (χ1) is 15.9.